The summed E-state index contributed by atoms with van der Waals surface area (Å²) in [6.45, 7) is 9.76. The van der Waals surface area contributed by atoms with Crippen LogP contribution in [0, 0.1) is 0 Å². The van der Waals surface area contributed by atoms with Crippen LogP contribution in [-0.2, 0) is 6.42 Å². The number of ether oxygens (including phenoxy) is 1. The molecule has 3 saturated heterocycles. The first-order valence-corrected chi connectivity index (χ1v) is 15.9. The molecule has 0 unspecified atom stereocenters. The predicted octanol–water partition coefficient (Wildman–Crippen LogP) is 5.41. The number of piperidine rings is 2. The Morgan fingerprint density at radius 3 is 2.37 bits per heavy atom. The fraction of sp³-hybridized carbons (Fsp3) is 0.559. The maximum atomic E-state index is 13.4. The number of amides is 1. The lowest BCUT2D eigenvalue weighted by molar-refractivity contribution is 0.0590. The topological polar surface area (TPSA) is 55.1 Å². The predicted molar refractivity (Wildman–Crippen MR) is 167 cm³/mol. The van der Waals surface area contributed by atoms with Gasteiger partial charge in [0.05, 0.1) is 7.11 Å². The maximum Gasteiger partial charge on any atom is 0.253 e. The molecule has 7 nitrogen and oxygen atoms in total. The number of nitrogens with zero attached hydrogens (tertiary/aromatic N) is 4. The van der Waals surface area contributed by atoms with Crippen molar-refractivity contribution in [2.75, 3.05) is 70.9 Å². The largest absolute Gasteiger partial charge is 0.497 e. The second kappa shape index (κ2) is 13.3. The van der Waals surface area contributed by atoms with Gasteiger partial charge in [0.2, 0.25) is 0 Å². The van der Waals surface area contributed by atoms with E-state index in [1.807, 2.05) is 18.2 Å². The molecule has 0 aliphatic carbocycles. The van der Waals surface area contributed by atoms with E-state index in [2.05, 4.69) is 55.0 Å². The molecule has 2 aromatic carbocycles. The highest BCUT2D eigenvalue weighted by atomic mass is 16.5. The van der Waals surface area contributed by atoms with E-state index in [0.717, 1.165) is 88.3 Å². The molecule has 0 atom stereocenters. The van der Waals surface area contributed by atoms with Crippen molar-refractivity contribution in [2.24, 2.45) is 0 Å². The lowest BCUT2D eigenvalue weighted by Gasteiger charge is -2.40. The third kappa shape index (κ3) is 6.73. The third-order valence-electron chi connectivity index (χ3n) is 9.65. The van der Waals surface area contributed by atoms with Crippen LogP contribution >= 0.6 is 0 Å². The van der Waals surface area contributed by atoms with E-state index in [1.54, 1.807) is 7.11 Å². The number of aromatic nitrogens is 1. The first-order valence-electron chi connectivity index (χ1n) is 15.9. The normalized spacial score (nSPS) is 19.6. The van der Waals surface area contributed by atoms with Crippen molar-refractivity contribution < 1.29 is 9.53 Å². The second-order valence-corrected chi connectivity index (χ2v) is 12.2. The number of likely N-dealkylation sites (tertiary alicyclic amines) is 2. The number of nitrogens with one attached hydrogen (secondary N) is 1. The zero-order valence-electron chi connectivity index (χ0n) is 24.8. The summed E-state index contributed by atoms with van der Waals surface area (Å²) >= 11 is 0. The van der Waals surface area contributed by atoms with Gasteiger partial charge in [0, 0.05) is 73.7 Å². The van der Waals surface area contributed by atoms with Crippen molar-refractivity contribution in [3.63, 3.8) is 0 Å². The van der Waals surface area contributed by atoms with Crippen molar-refractivity contribution in [3.8, 4) is 5.75 Å². The quantitative estimate of drug-likeness (QED) is 0.357. The van der Waals surface area contributed by atoms with Crippen molar-refractivity contribution >= 4 is 22.5 Å². The summed E-state index contributed by atoms with van der Waals surface area (Å²) in [7, 11) is 1.71. The fourth-order valence-corrected chi connectivity index (χ4v) is 7.09. The molecule has 0 spiro atoms. The van der Waals surface area contributed by atoms with E-state index >= 15 is 0 Å². The maximum absolute atomic E-state index is 13.4. The molecule has 1 N–H and O–H groups in total. The van der Waals surface area contributed by atoms with Gasteiger partial charge in [-0.2, -0.15) is 0 Å². The molecule has 4 heterocycles. The molecule has 1 amide bonds. The Kier molecular flexibility index (Phi) is 9.12. The number of carbonyl (C=O) groups is 1. The molecule has 3 aliphatic heterocycles. The number of carbonyl (C=O) groups excluding carboxylic acids is 1. The van der Waals surface area contributed by atoms with E-state index in [0.29, 0.717) is 6.04 Å². The molecule has 0 bridgehead atoms. The first kappa shape index (κ1) is 28.1. The van der Waals surface area contributed by atoms with Gasteiger partial charge in [-0.1, -0.05) is 6.42 Å². The zero-order valence-corrected chi connectivity index (χ0v) is 24.8. The van der Waals surface area contributed by atoms with E-state index in [9.17, 15) is 4.79 Å². The number of benzene rings is 2. The average molecular weight is 558 g/mol. The Morgan fingerprint density at radius 1 is 0.878 bits per heavy atom. The van der Waals surface area contributed by atoms with Crippen LogP contribution in [-0.4, -0.2) is 97.6 Å². The number of methoxy groups -OCH3 is 1. The molecule has 3 aromatic rings. The lowest BCUT2D eigenvalue weighted by Crippen LogP contribution is -2.48. The van der Waals surface area contributed by atoms with Gasteiger partial charge in [0.1, 0.15) is 5.75 Å². The number of H-pyrrole nitrogens is 1. The number of hydrogen-bond acceptors (Lipinski definition) is 5. The summed E-state index contributed by atoms with van der Waals surface area (Å²) < 4.78 is 5.29. The smallest absolute Gasteiger partial charge is 0.253 e. The van der Waals surface area contributed by atoms with Gasteiger partial charge >= 0.3 is 0 Å². The van der Waals surface area contributed by atoms with Crippen LogP contribution in [0.1, 0.15) is 60.9 Å². The number of piperazine rings is 1. The SMILES string of the molecule is COc1ccc(N2CCN(CCCCc3c[nH]c4ccc(C(=O)N5CCC(N6CCCCC6)CC5)cc34)CC2)cc1. The number of aromatic amines is 1. The highest BCUT2D eigenvalue weighted by Gasteiger charge is 2.28. The van der Waals surface area contributed by atoms with Crippen LogP contribution in [0.4, 0.5) is 5.69 Å². The van der Waals surface area contributed by atoms with Crippen molar-refractivity contribution in [2.45, 2.75) is 57.4 Å². The minimum atomic E-state index is 0.199. The Morgan fingerprint density at radius 2 is 1.63 bits per heavy atom. The molecule has 1 aromatic heterocycles. The van der Waals surface area contributed by atoms with Gasteiger partial charge in [-0.05, 0) is 113 Å². The highest BCUT2D eigenvalue weighted by Crippen LogP contribution is 2.26. The molecule has 41 heavy (non-hydrogen) atoms. The van der Waals surface area contributed by atoms with Gasteiger partial charge in [-0.15, -0.1) is 0 Å². The third-order valence-corrected chi connectivity index (χ3v) is 9.65. The van der Waals surface area contributed by atoms with Gasteiger partial charge in [0.15, 0.2) is 0 Å². The Bertz CT molecular complexity index is 1270. The fourth-order valence-electron chi connectivity index (χ4n) is 7.09. The summed E-state index contributed by atoms with van der Waals surface area (Å²) in [5.74, 6) is 1.11. The molecule has 6 rings (SSSR count). The standard InChI is InChI=1S/C34H47N5O2/c1-41-31-11-9-29(10-12-31)38-23-21-36(22-24-38)16-6-3-7-28-26-35-33-13-8-27(25-32(28)33)34(40)39-19-14-30(15-20-39)37-17-4-2-5-18-37/h8-13,25-26,30,35H,2-7,14-24H2,1H3. The number of fused-ring (bicyclic) bond motifs is 1. The molecule has 7 heteroatoms. The van der Waals surface area contributed by atoms with Crippen molar-refractivity contribution in [1.82, 2.24) is 19.7 Å². The molecule has 0 radical (unpaired) electrons. The molecule has 0 saturated carbocycles. The van der Waals surface area contributed by atoms with Crippen LogP contribution in [0.2, 0.25) is 0 Å². The summed E-state index contributed by atoms with van der Waals surface area (Å²) in [5, 5.41) is 1.21. The van der Waals surface area contributed by atoms with Gasteiger partial charge < -0.3 is 24.4 Å². The van der Waals surface area contributed by atoms with Crippen molar-refractivity contribution in [3.05, 3.63) is 59.8 Å². The van der Waals surface area contributed by atoms with E-state index in [1.165, 1.54) is 55.4 Å². The summed E-state index contributed by atoms with van der Waals surface area (Å²) in [6.07, 6.45) is 11.8. The minimum absolute atomic E-state index is 0.199. The lowest BCUT2D eigenvalue weighted by atomic mass is 9.99. The number of aryl methyl sites for hydroxylation is 1. The Hall–Kier alpha value is -3.03. The van der Waals surface area contributed by atoms with Gasteiger partial charge in [0.25, 0.3) is 5.91 Å². The van der Waals surface area contributed by atoms with Crippen LogP contribution in [0.15, 0.2) is 48.7 Å². The van der Waals surface area contributed by atoms with Gasteiger partial charge in [-0.25, -0.2) is 0 Å². The number of unbranched alkanes of at least 4 members (excludes halogenated alkanes) is 1. The summed E-state index contributed by atoms with van der Waals surface area (Å²) in [4.78, 5) is 26.7. The summed E-state index contributed by atoms with van der Waals surface area (Å²) in [5.41, 5.74) is 4.59. The van der Waals surface area contributed by atoms with Crippen molar-refractivity contribution in [1.29, 1.82) is 0 Å². The van der Waals surface area contributed by atoms with Crippen LogP contribution in [0.3, 0.4) is 0 Å². The Labute approximate surface area is 245 Å². The molecular formula is C34H47N5O2. The molecule has 3 aliphatic rings. The van der Waals surface area contributed by atoms with Crippen LogP contribution in [0.25, 0.3) is 10.9 Å². The number of hydrogen-bond donors (Lipinski definition) is 1. The Balaban J connectivity index is 0.960. The summed E-state index contributed by atoms with van der Waals surface area (Å²) in [6, 6.07) is 15.3. The van der Waals surface area contributed by atoms with E-state index in [4.69, 9.17) is 4.74 Å². The molecule has 3 fully saturated rings. The van der Waals surface area contributed by atoms with Crippen LogP contribution < -0.4 is 9.64 Å². The zero-order chi connectivity index (χ0) is 28.0. The average Bonchev–Trinajstić information content (AvgIpc) is 3.46. The number of anilines is 1. The first-order chi connectivity index (χ1) is 20.2. The highest BCUT2D eigenvalue weighted by molar-refractivity contribution is 5.98. The van der Waals surface area contributed by atoms with E-state index < -0.39 is 0 Å². The monoisotopic (exact) mass is 557 g/mol. The molecular weight excluding hydrogens is 510 g/mol. The van der Waals surface area contributed by atoms with Crippen LogP contribution in [0.5, 0.6) is 5.75 Å². The van der Waals surface area contributed by atoms with E-state index in [-0.39, 0.29) is 5.91 Å². The second-order valence-electron chi connectivity index (χ2n) is 12.2. The molecule has 220 valence electrons. The minimum Gasteiger partial charge on any atom is -0.497 e. The van der Waals surface area contributed by atoms with Gasteiger partial charge in [-0.3, -0.25) is 9.69 Å². The number of rotatable bonds is 9.